The highest BCUT2D eigenvalue weighted by Crippen LogP contribution is 2.32. The van der Waals surface area contributed by atoms with Crippen molar-refractivity contribution in [2.24, 2.45) is 0 Å². The Bertz CT molecular complexity index is 752. The number of piperidine rings is 1. The van der Waals surface area contributed by atoms with Crippen molar-refractivity contribution in [2.45, 2.75) is 25.2 Å². The van der Waals surface area contributed by atoms with Gasteiger partial charge in [-0.3, -0.25) is 4.79 Å². The van der Waals surface area contributed by atoms with E-state index < -0.39 is 5.79 Å². The molecule has 2 aliphatic heterocycles. The van der Waals surface area contributed by atoms with Crippen LogP contribution in [0.1, 0.15) is 28.9 Å². The van der Waals surface area contributed by atoms with Gasteiger partial charge in [0.2, 0.25) is 5.95 Å². The fraction of sp³-hybridized carbons (Fsp3) is 0.421. The molecule has 1 aromatic heterocycles. The van der Waals surface area contributed by atoms with Crippen molar-refractivity contribution < 1.29 is 14.3 Å². The minimum absolute atomic E-state index is 0.201. The Balaban J connectivity index is 1.38. The van der Waals surface area contributed by atoms with Crippen molar-refractivity contribution in [3.05, 3.63) is 53.9 Å². The van der Waals surface area contributed by atoms with E-state index in [9.17, 15) is 4.79 Å². The van der Waals surface area contributed by atoms with Crippen LogP contribution in [-0.2, 0) is 16.0 Å². The van der Waals surface area contributed by atoms with Gasteiger partial charge in [0.25, 0.3) is 5.91 Å². The molecule has 0 radical (unpaired) electrons. The van der Waals surface area contributed by atoms with Gasteiger partial charge >= 0.3 is 0 Å². The maximum Gasteiger partial charge on any atom is 0.270 e. The lowest BCUT2D eigenvalue weighted by Gasteiger charge is -2.37. The lowest BCUT2D eigenvalue weighted by molar-refractivity contribution is -0.169. The average molecular weight is 354 g/mol. The van der Waals surface area contributed by atoms with Crippen LogP contribution in [0.2, 0.25) is 0 Å². The molecule has 1 N–H and O–H groups in total. The highest BCUT2D eigenvalue weighted by atomic mass is 16.7. The highest BCUT2D eigenvalue weighted by Gasteiger charge is 2.40. The first-order valence-corrected chi connectivity index (χ1v) is 8.92. The molecular weight excluding hydrogens is 332 g/mol. The third-order valence-electron chi connectivity index (χ3n) is 4.79. The van der Waals surface area contributed by atoms with Gasteiger partial charge in [0.1, 0.15) is 5.69 Å². The molecule has 2 fully saturated rings. The number of benzene rings is 1. The number of nitrogens with one attached hydrogen (secondary N) is 1. The third kappa shape index (κ3) is 3.68. The third-order valence-corrected chi connectivity index (χ3v) is 4.79. The van der Waals surface area contributed by atoms with Crippen LogP contribution < -0.4 is 10.2 Å². The average Bonchev–Trinajstić information content (AvgIpc) is 3.15. The lowest BCUT2D eigenvalue weighted by Crippen LogP contribution is -2.45. The number of anilines is 1. The molecule has 3 heterocycles. The van der Waals surface area contributed by atoms with Crippen LogP contribution in [0, 0.1) is 0 Å². The topological polar surface area (TPSA) is 76.6 Å². The number of ether oxygens (including phenoxy) is 2. The van der Waals surface area contributed by atoms with Crippen molar-refractivity contribution in [3.63, 3.8) is 0 Å². The second-order valence-corrected chi connectivity index (χ2v) is 6.50. The van der Waals surface area contributed by atoms with Gasteiger partial charge in [-0.05, 0) is 11.6 Å². The van der Waals surface area contributed by atoms with Gasteiger partial charge in [0.05, 0.1) is 13.2 Å². The fourth-order valence-corrected chi connectivity index (χ4v) is 3.33. The summed E-state index contributed by atoms with van der Waals surface area (Å²) >= 11 is 0. The summed E-state index contributed by atoms with van der Waals surface area (Å²) in [5.74, 6) is -0.0556. The summed E-state index contributed by atoms with van der Waals surface area (Å²) in [6.07, 6.45) is 3.19. The molecule has 136 valence electrons. The van der Waals surface area contributed by atoms with Crippen molar-refractivity contribution in [1.29, 1.82) is 0 Å². The van der Waals surface area contributed by atoms with E-state index in [1.165, 1.54) is 0 Å². The monoisotopic (exact) mass is 354 g/mol. The Kier molecular flexibility index (Phi) is 4.81. The van der Waals surface area contributed by atoms with Gasteiger partial charge < -0.3 is 19.7 Å². The molecule has 7 nitrogen and oxygen atoms in total. The molecule has 0 saturated carbocycles. The zero-order valence-corrected chi connectivity index (χ0v) is 14.6. The second-order valence-electron chi connectivity index (χ2n) is 6.50. The van der Waals surface area contributed by atoms with E-state index in [0.29, 0.717) is 31.4 Å². The van der Waals surface area contributed by atoms with E-state index in [-0.39, 0.29) is 5.91 Å². The zero-order valence-electron chi connectivity index (χ0n) is 14.6. The summed E-state index contributed by atoms with van der Waals surface area (Å²) in [6.45, 7) is 3.28. The Hall–Kier alpha value is -2.51. The van der Waals surface area contributed by atoms with E-state index in [1.807, 2.05) is 30.3 Å². The summed E-state index contributed by atoms with van der Waals surface area (Å²) in [4.78, 5) is 23.2. The van der Waals surface area contributed by atoms with Gasteiger partial charge in [-0.2, -0.15) is 0 Å². The Morgan fingerprint density at radius 2 is 1.85 bits per heavy atom. The summed E-state index contributed by atoms with van der Waals surface area (Å²) in [5.41, 5.74) is 1.42. The molecule has 4 rings (SSSR count). The molecule has 0 unspecified atom stereocenters. The number of hydrogen-bond donors (Lipinski definition) is 1. The summed E-state index contributed by atoms with van der Waals surface area (Å²) in [6, 6.07) is 11.4. The fourth-order valence-electron chi connectivity index (χ4n) is 3.33. The first kappa shape index (κ1) is 16.9. The molecule has 26 heavy (non-hydrogen) atoms. The number of rotatable bonds is 4. The molecule has 1 spiro atoms. The zero-order chi connectivity index (χ0) is 17.8. The Morgan fingerprint density at radius 1 is 1.12 bits per heavy atom. The molecule has 0 aliphatic carbocycles. The first-order valence-electron chi connectivity index (χ1n) is 8.92. The van der Waals surface area contributed by atoms with Gasteiger partial charge in [-0.25, -0.2) is 9.97 Å². The number of carbonyl (C=O) groups is 1. The van der Waals surface area contributed by atoms with Gasteiger partial charge in [-0.1, -0.05) is 30.3 Å². The predicted molar refractivity (Wildman–Crippen MR) is 95.7 cm³/mol. The van der Waals surface area contributed by atoms with Crippen LogP contribution in [0.4, 0.5) is 5.95 Å². The van der Waals surface area contributed by atoms with Crippen molar-refractivity contribution >= 4 is 11.9 Å². The van der Waals surface area contributed by atoms with Crippen LogP contribution in [0.25, 0.3) is 0 Å². The van der Waals surface area contributed by atoms with Gasteiger partial charge in [0, 0.05) is 38.7 Å². The van der Waals surface area contributed by atoms with E-state index in [2.05, 4.69) is 20.2 Å². The standard InChI is InChI=1S/C19H22N4O3/c24-17(21-14-15-4-2-1-3-5-15)16-6-9-20-18(22-16)23-10-7-19(8-11-23)25-12-13-26-19/h1-6,9H,7-8,10-14H2,(H,21,24). The van der Waals surface area contributed by atoms with Gasteiger partial charge in [-0.15, -0.1) is 0 Å². The van der Waals surface area contributed by atoms with Crippen molar-refractivity contribution in [1.82, 2.24) is 15.3 Å². The minimum atomic E-state index is -0.429. The van der Waals surface area contributed by atoms with E-state index in [1.54, 1.807) is 12.3 Å². The van der Waals surface area contributed by atoms with E-state index >= 15 is 0 Å². The van der Waals surface area contributed by atoms with Crippen LogP contribution in [0.3, 0.4) is 0 Å². The number of hydrogen-bond acceptors (Lipinski definition) is 6. The van der Waals surface area contributed by atoms with E-state index in [4.69, 9.17) is 9.47 Å². The van der Waals surface area contributed by atoms with Crippen LogP contribution in [-0.4, -0.2) is 48.0 Å². The molecule has 1 amide bonds. The molecule has 2 aliphatic rings. The van der Waals surface area contributed by atoms with E-state index in [0.717, 1.165) is 31.5 Å². The van der Waals surface area contributed by atoms with Crippen molar-refractivity contribution in [3.8, 4) is 0 Å². The molecule has 0 atom stereocenters. The summed E-state index contributed by atoms with van der Waals surface area (Å²) in [5, 5.41) is 2.90. The van der Waals surface area contributed by atoms with Crippen LogP contribution in [0.5, 0.6) is 0 Å². The Morgan fingerprint density at radius 3 is 2.58 bits per heavy atom. The maximum atomic E-state index is 12.4. The molecule has 2 saturated heterocycles. The number of carbonyl (C=O) groups excluding carboxylic acids is 1. The molecule has 7 heteroatoms. The quantitative estimate of drug-likeness (QED) is 0.901. The number of amides is 1. The van der Waals surface area contributed by atoms with Crippen LogP contribution in [0.15, 0.2) is 42.6 Å². The SMILES string of the molecule is O=C(NCc1ccccc1)c1ccnc(N2CCC3(CC2)OCCO3)n1. The highest BCUT2D eigenvalue weighted by molar-refractivity contribution is 5.92. The van der Waals surface area contributed by atoms with Crippen molar-refractivity contribution in [2.75, 3.05) is 31.2 Å². The number of aromatic nitrogens is 2. The lowest BCUT2D eigenvalue weighted by atomic mass is 10.0. The number of nitrogens with zero attached hydrogens (tertiary/aromatic N) is 3. The largest absolute Gasteiger partial charge is 0.347 e. The Labute approximate surface area is 152 Å². The maximum absolute atomic E-state index is 12.4. The summed E-state index contributed by atoms with van der Waals surface area (Å²) in [7, 11) is 0. The molecule has 1 aromatic carbocycles. The van der Waals surface area contributed by atoms with Gasteiger partial charge in [0.15, 0.2) is 5.79 Å². The first-order chi connectivity index (χ1) is 12.7. The minimum Gasteiger partial charge on any atom is -0.347 e. The molecule has 2 aromatic rings. The molecule has 0 bridgehead atoms. The normalized spacial score (nSPS) is 18.8. The second kappa shape index (κ2) is 7.39. The predicted octanol–water partition coefficient (Wildman–Crippen LogP) is 1.75. The smallest absolute Gasteiger partial charge is 0.270 e. The molecular formula is C19H22N4O3. The van der Waals surface area contributed by atoms with Crippen LogP contribution >= 0.6 is 0 Å². The summed E-state index contributed by atoms with van der Waals surface area (Å²) < 4.78 is 11.5.